The molecule has 0 aliphatic carbocycles. The quantitative estimate of drug-likeness (QED) is 0.888. The molecule has 2 amide bonds. The van der Waals surface area contributed by atoms with Crippen molar-refractivity contribution < 1.29 is 9.59 Å². The summed E-state index contributed by atoms with van der Waals surface area (Å²) >= 11 is 0. The molecule has 1 aromatic carbocycles. The molecule has 2 rings (SSSR count). The molecule has 20 heavy (non-hydrogen) atoms. The summed E-state index contributed by atoms with van der Waals surface area (Å²) in [7, 11) is 0. The van der Waals surface area contributed by atoms with Gasteiger partial charge in [-0.05, 0) is 12.0 Å². The van der Waals surface area contributed by atoms with Gasteiger partial charge in [-0.15, -0.1) is 0 Å². The van der Waals surface area contributed by atoms with Crippen LogP contribution in [0.1, 0.15) is 25.3 Å². The fourth-order valence-corrected chi connectivity index (χ4v) is 2.58. The number of benzene rings is 1. The second kappa shape index (κ2) is 6.37. The minimum atomic E-state index is -0.474. The van der Waals surface area contributed by atoms with E-state index in [2.05, 4.69) is 0 Å². The van der Waals surface area contributed by atoms with Crippen LogP contribution in [0.15, 0.2) is 36.4 Å². The molecule has 2 unspecified atom stereocenters. The smallest absolute Gasteiger partial charge is 0.240 e. The molecule has 0 aromatic heterocycles. The molecule has 0 saturated carbocycles. The molecule has 1 heterocycles. The first-order valence-corrected chi connectivity index (χ1v) is 6.94. The summed E-state index contributed by atoms with van der Waals surface area (Å²) in [5.41, 5.74) is 6.46. The highest BCUT2D eigenvalue weighted by Gasteiger charge is 2.34. The van der Waals surface area contributed by atoms with Crippen molar-refractivity contribution in [2.24, 2.45) is 11.7 Å². The SMILES string of the molecule is CCC(C(N)=O)N1CC(C=Cc2ccccc2)CC1=O. The zero-order valence-electron chi connectivity index (χ0n) is 11.7. The lowest BCUT2D eigenvalue weighted by Crippen LogP contribution is -2.45. The van der Waals surface area contributed by atoms with E-state index in [1.54, 1.807) is 4.90 Å². The predicted molar refractivity (Wildman–Crippen MR) is 78.6 cm³/mol. The first-order chi connectivity index (χ1) is 9.61. The maximum absolute atomic E-state index is 12.0. The highest BCUT2D eigenvalue weighted by atomic mass is 16.2. The fourth-order valence-electron chi connectivity index (χ4n) is 2.58. The summed E-state index contributed by atoms with van der Waals surface area (Å²) < 4.78 is 0. The Hall–Kier alpha value is -2.10. The normalized spacial score (nSPS) is 20.6. The van der Waals surface area contributed by atoms with Crippen molar-refractivity contribution in [3.63, 3.8) is 0 Å². The largest absolute Gasteiger partial charge is 0.368 e. The van der Waals surface area contributed by atoms with Gasteiger partial charge in [0.15, 0.2) is 0 Å². The van der Waals surface area contributed by atoms with Gasteiger partial charge in [0.05, 0.1) is 0 Å². The lowest BCUT2D eigenvalue weighted by atomic mass is 10.1. The predicted octanol–water partition coefficient (Wildman–Crippen LogP) is 1.81. The van der Waals surface area contributed by atoms with Crippen molar-refractivity contribution in [2.75, 3.05) is 6.54 Å². The Morgan fingerprint density at radius 3 is 2.75 bits per heavy atom. The Labute approximate surface area is 119 Å². The first-order valence-electron chi connectivity index (χ1n) is 6.94. The second-order valence-corrected chi connectivity index (χ2v) is 5.11. The van der Waals surface area contributed by atoms with Gasteiger partial charge in [0, 0.05) is 18.9 Å². The van der Waals surface area contributed by atoms with E-state index in [4.69, 9.17) is 5.73 Å². The van der Waals surface area contributed by atoms with Crippen molar-refractivity contribution in [1.29, 1.82) is 0 Å². The molecule has 0 bridgehead atoms. The van der Waals surface area contributed by atoms with Gasteiger partial charge in [-0.1, -0.05) is 49.4 Å². The van der Waals surface area contributed by atoms with Crippen LogP contribution < -0.4 is 5.73 Å². The molecular weight excluding hydrogens is 252 g/mol. The summed E-state index contributed by atoms with van der Waals surface area (Å²) in [5, 5.41) is 0. The van der Waals surface area contributed by atoms with Crippen molar-refractivity contribution in [3.05, 3.63) is 42.0 Å². The first kappa shape index (κ1) is 14.3. The molecule has 106 valence electrons. The van der Waals surface area contributed by atoms with Crippen LogP contribution in [0.25, 0.3) is 6.08 Å². The number of carbonyl (C=O) groups excluding carboxylic acids is 2. The summed E-state index contributed by atoms with van der Waals surface area (Å²) in [5.74, 6) is -0.261. The zero-order valence-corrected chi connectivity index (χ0v) is 11.7. The molecule has 1 saturated heterocycles. The van der Waals surface area contributed by atoms with Crippen molar-refractivity contribution in [1.82, 2.24) is 4.90 Å². The number of primary amides is 1. The molecule has 0 spiro atoms. The lowest BCUT2D eigenvalue weighted by molar-refractivity contribution is -0.136. The minimum absolute atomic E-state index is 0.0124. The van der Waals surface area contributed by atoms with Crippen LogP contribution in [0.3, 0.4) is 0 Å². The lowest BCUT2D eigenvalue weighted by Gasteiger charge is -2.24. The van der Waals surface area contributed by atoms with E-state index in [1.807, 2.05) is 49.4 Å². The van der Waals surface area contributed by atoms with Gasteiger partial charge in [0.25, 0.3) is 0 Å². The molecule has 0 radical (unpaired) electrons. The van der Waals surface area contributed by atoms with Gasteiger partial charge in [-0.2, -0.15) is 0 Å². The number of likely N-dealkylation sites (tertiary alicyclic amines) is 1. The van der Waals surface area contributed by atoms with Crippen LogP contribution in [0, 0.1) is 5.92 Å². The molecule has 4 nitrogen and oxygen atoms in total. The monoisotopic (exact) mass is 272 g/mol. The van der Waals surface area contributed by atoms with Gasteiger partial charge >= 0.3 is 0 Å². The van der Waals surface area contributed by atoms with E-state index in [1.165, 1.54) is 0 Å². The van der Waals surface area contributed by atoms with Gasteiger partial charge in [0.1, 0.15) is 6.04 Å². The van der Waals surface area contributed by atoms with Gasteiger partial charge in [-0.25, -0.2) is 0 Å². The number of amides is 2. The number of rotatable bonds is 5. The van der Waals surface area contributed by atoms with Crippen LogP contribution in [-0.4, -0.2) is 29.3 Å². The molecular formula is C16H20N2O2. The van der Waals surface area contributed by atoms with Crippen LogP contribution in [0.2, 0.25) is 0 Å². The van der Waals surface area contributed by atoms with Gasteiger partial charge < -0.3 is 10.6 Å². The van der Waals surface area contributed by atoms with Crippen LogP contribution in [0.4, 0.5) is 0 Å². The molecule has 4 heteroatoms. The van der Waals surface area contributed by atoms with Crippen molar-refractivity contribution in [3.8, 4) is 0 Å². The molecule has 1 aliphatic rings. The summed E-state index contributed by atoms with van der Waals surface area (Å²) in [6.07, 6.45) is 5.08. The molecule has 2 atom stereocenters. The fraction of sp³-hybridized carbons (Fsp3) is 0.375. The van der Waals surface area contributed by atoms with E-state index < -0.39 is 11.9 Å². The zero-order chi connectivity index (χ0) is 14.5. The summed E-state index contributed by atoms with van der Waals surface area (Å²) in [6.45, 7) is 2.44. The maximum atomic E-state index is 12.0. The second-order valence-electron chi connectivity index (χ2n) is 5.11. The molecule has 1 fully saturated rings. The van der Waals surface area contributed by atoms with Crippen LogP contribution >= 0.6 is 0 Å². The Morgan fingerprint density at radius 1 is 1.45 bits per heavy atom. The molecule has 2 N–H and O–H groups in total. The van der Waals surface area contributed by atoms with E-state index in [0.717, 1.165) is 5.56 Å². The number of hydrogen-bond donors (Lipinski definition) is 1. The van der Waals surface area contributed by atoms with Gasteiger partial charge in [0.2, 0.25) is 11.8 Å². The van der Waals surface area contributed by atoms with E-state index in [0.29, 0.717) is 19.4 Å². The topological polar surface area (TPSA) is 63.4 Å². The number of nitrogens with zero attached hydrogens (tertiary/aromatic N) is 1. The van der Waals surface area contributed by atoms with Crippen molar-refractivity contribution in [2.45, 2.75) is 25.8 Å². The van der Waals surface area contributed by atoms with E-state index in [-0.39, 0.29) is 11.8 Å². The third-order valence-corrected chi connectivity index (χ3v) is 3.64. The van der Waals surface area contributed by atoms with Gasteiger partial charge in [-0.3, -0.25) is 9.59 Å². The standard InChI is InChI=1S/C16H20N2O2/c1-2-14(16(17)20)18-11-13(10-15(18)19)9-8-12-6-4-3-5-7-12/h3-9,13-14H,2,10-11H2,1H3,(H2,17,20). The highest BCUT2D eigenvalue weighted by Crippen LogP contribution is 2.23. The maximum Gasteiger partial charge on any atom is 0.240 e. The summed E-state index contributed by atoms with van der Waals surface area (Å²) in [4.78, 5) is 25.0. The average molecular weight is 272 g/mol. The molecule has 1 aliphatic heterocycles. The Bertz CT molecular complexity index is 510. The van der Waals surface area contributed by atoms with Crippen LogP contribution in [0.5, 0.6) is 0 Å². The van der Waals surface area contributed by atoms with Crippen molar-refractivity contribution >= 4 is 17.9 Å². The highest BCUT2D eigenvalue weighted by molar-refractivity contribution is 5.88. The van der Waals surface area contributed by atoms with E-state index in [9.17, 15) is 9.59 Å². The van der Waals surface area contributed by atoms with E-state index >= 15 is 0 Å². The summed E-state index contributed by atoms with van der Waals surface area (Å²) in [6, 6.07) is 9.49. The number of nitrogens with two attached hydrogens (primary N) is 1. The number of hydrogen-bond acceptors (Lipinski definition) is 2. The Kier molecular flexibility index (Phi) is 4.56. The Balaban J connectivity index is 2.02. The minimum Gasteiger partial charge on any atom is -0.368 e. The Morgan fingerprint density at radius 2 is 2.15 bits per heavy atom. The number of carbonyl (C=O) groups is 2. The average Bonchev–Trinajstić information content (AvgIpc) is 2.79. The molecule has 1 aromatic rings. The third-order valence-electron chi connectivity index (χ3n) is 3.64. The van der Waals surface area contributed by atoms with Crippen LogP contribution in [-0.2, 0) is 9.59 Å². The third kappa shape index (κ3) is 3.26.